The Morgan fingerprint density at radius 2 is 2.00 bits per heavy atom. The predicted molar refractivity (Wildman–Crippen MR) is 83.4 cm³/mol. The molecule has 0 heterocycles. The standard InChI is InChI=1S/C17H23NO2/c1-5-15(18-16(19)20-17(2,3)4)13-9-12-14-10-7-6-8-11-14/h5-12,15H,1,13H2,2-4H3,(H,18,19)/b12-9-. The lowest BCUT2D eigenvalue weighted by atomic mass is 10.1. The number of carbonyl (C=O) groups is 1. The molecule has 1 aromatic rings. The number of amides is 1. The lowest BCUT2D eigenvalue weighted by Gasteiger charge is -2.21. The van der Waals surface area contributed by atoms with Gasteiger partial charge in [0.2, 0.25) is 0 Å². The van der Waals surface area contributed by atoms with Crippen LogP contribution in [0.1, 0.15) is 32.8 Å². The summed E-state index contributed by atoms with van der Waals surface area (Å²) in [4.78, 5) is 11.7. The van der Waals surface area contributed by atoms with Gasteiger partial charge in [0.25, 0.3) is 0 Å². The highest BCUT2D eigenvalue weighted by Gasteiger charge is 2.17. The zero-order chi connectivity index (χ0) is 15.0. The molecule has 1 atom stereocenters. The highest BCUT2D eigenvalue weighted by atomic mass is 16.6. The van der Waals surface area contributed by atoms with Crippen molar-refractivity contribution in [2.24, 2.45) is 0 Å². The Balaban J connectivity index is 2.46. The quantitative estimate of drug-likeness (QED) is 0.818. The molecule has 1 N–H and O–H groups in total. The van der Waals surface area contributed by atoms with Crippen LogP contribution in [0.2, 0.25) is 0 Å². The zero-order valence-electron chi connectivity index (χ0n) is 12.4. The molecule has 108 valence electrons. The van der Waals surface area contributed by atoms with Gasteiger partial charge in [-0.15, -0.1) is 6.58 Å². The van der Waals surface area contributed by atoms with Gasteiger partial charge in [-0.1, -0.05) is 48.6 Å². The third-order valence-electron chi connectivity index (χ3n) is 2.49. The van der Waals surface area contributed by atoms with E-state index in [1.807, 2.05) is 63.3 Å². The van der Waals surface area contributed by atoms with Crippen LogP contribution < -0.4 is 5.32 Å². The normalized spacial score (nSPS) is 12.9. The van der Waals surface area contributed by atoms with Crippen molar-refractivity contribution >= 4 is 12.2 Å². The summed E-state index contributed by atoms with van der Waals surface area (Å²) >= 11 is 0. The Hall–Kier alpha value is -2.03. The summed E-state index contributed by atoms with van der Waals surface area (Å²) in [6.45, 7) is 9.25. The summed E-state index contributed by atoms with van der Waals surface area (Å²) in [5, 5.41) is 2.78. The molecule has 0 bridgehead atoms. The van der Waals surface area contributed by atoms with E-state index in [9.17, 15) is 4.79 Å². The summed E-state index contributed by atoms with van der Waals surface area (Å²) in [6.07, 6.45) is 6.00. The second-order valence-corrected chi connectivity index (χ2v) is 5.54. The van der Waals surface area contributed by atoms with E-state index >= 15 is 0 Å². The molecule has 0 radical (unpaired) electrons. The first-order valence-corrected chi connectivity index (χ1v) is 6.74. The van der Waals surface area contributed by atoms with Gasteiger partial charge in [-0.3, -0.25) is 0 Å². The van der Waals surface area contributed by atoms with Crippen molar-refractivity contribution in [2.75, 3.05) is 0 Å². The molecule has 1 aromatic carbocycles. The van der Waals surface area contributed by atoms with Gasteiger partial charge >= 0.3 is 6.09 Å². The Morgan fingerprint density at radius 3 is 2.55 bits per heavy atom. The van der Waals surface area contributed by atoms with Crippen molar-refractivity contribution in [1.29, 1.82) is 0 Å². The molecule has 0 saturated carbocycles. The second kappa shape index (κ2) is 7.53. The first-order chi connectivity index (χ1) is 9.40. The first-order valence-electron chi connectivity index (χ1n) is 6.74. The van der Waals surface area contributed by atoms with Crippen LogP contribution in [-0.4, -0.2) is 17.7 Å². The first kappa shape index (κ1) is 16.0. The van der Waals surface area contributed by atoms with E-state index in [0.29, 0.717) is 6.42 Å². The molecule has 1 rings (SSSR count). The second-order valence-electron chi connectivity index (χ2n) is 5.54. The Bertz CT molecular complexity index is 458. The lowest BCUT2D eigenvalue weighted by molar-refractivity contribution is 0.0515. The maximum absolute atomic E-state index is 11.7. The number of nitrogens with one attached hydrogen (secondary N) is 1. The van der Waals surface area contributed by atoms with Crippen molar-refractivity contribution in [3.05, 3.63) is 54.6 Å². The molecule has 1 amide bonds. The van der Waals surface area contributed by atoms with Gasteiger partial charge < -0.3 is 10.1 Å². The van der Waals surface area contributed by atoms with E-state index in [1.165, 1.54) is 0 Å². The van der Waals surface area contributed by atoms with E-state index in [0.717, 1.165) is 5.56 Å². The van der Waals surface area contributed by atoms with Crippen molar-refractivity contribution < 1.29 is 9.53 Å². The largest absolute Gasteiger partial charge is 0.444 e. The van der Waals surface area contributed by atoms with E-state index in [4.69, 9.17) is 4.74 Å². The maximum Gasteiger partial charge on any atom is 0.408 e. The number of hydrogen-bond acceptors (Lipinski definition) is 2. The number of ether oxygens (including phenoxy) is 1. The Morgan fingerprint density at radius 1 is 1.35 bits per heavy atom. The molecule has 0 saturated heterocycles. The fourth-order valence-electron chi connectivity index (χ4n) is 1.59. The number of alkyl carbamates (subject to hydrolysis) is 1. The average Bonchev–Trinajstić information content (AvgIpc) is 2.36. The summed E-state index contributed by atoms with van der Waals surface area (Å²) in [5.41, 5.74) is 0.642. The van der Waals surface area contributed by atoms with Crippen LogP contribution >= 0.6 is 0 Å². The van der Waals surface area contributed by atoms with Gasteiger partial charge in [0.05, 0.1) is 6.04 Å². The van der Waals surface area contributed by atoms with Gasteiger partial charge in [-0.2, -0.15) is 0 Å². The fourth-order valence-corrected chi connectivity index (χ4v) is 1.59. The van der Waals surface area contributed by atoms with E-state index < -0.39 is 11.7 Å². The maximum atomic E-state index is 11.7. The molecule has 0 aromatic heterocycles. The predicted octanol–water partition coefficient (Wildman–Crippen LogP) is 4.17. The third kappa shape index (κ3) is 6.78. The zero-order valence-corrected chi connectivity index (χ0v) is 12.4. The molecule has 20 heavy (non-hydrogen) atoms. The SMILES string of the molecule is C=CC(C/C=C\c1ccccc1)NC(=O)OC(C)(C)C. The molecule has 0 aliphatic heterocycles. The molecule has 0 spiro atoms. The highest BCUT2D eigenvalue weighted by molar-refractivity contribution is 5.68. The van der Waals surface area contributed by atoms with Crippen LogP contribution in [0, 0.1) is 0 Å². The van der Waals surface area contributed by atoms with Crippen LogP contribution in [-0.2, 0) is 4.74 Å². The molecule has 0 aliphatic carbocycles. The summed E-state index contributed by atoms with van der Waals surface area (Å²) in [6, 6.07) is 9.88. The number of carbonyl (C=O) groups excluding carboxylic acids is 1. The van der Waals surface area contributed by atoms with Gasteiger partial charge in [-0.05, 0) is 32.8 Å². The number of hydrogen-bond donors (Lipinski definition) is 1. The van der Waals surface area contributed by atoms with Crippen LogP contribution in [0.15, 0.2) is 49.1 Å². The molecular formula is C17H23NO2. The average molecular weight is 273 g/mol. The van der Waals surface area contributed by atoms with Crippen molar-refractivity contribution in [3.63, 3.8) is 0 Å². The topological polar surface area (TPSA) is 38.3 Å². The summed E-state index contributed by atoms with van der Waals surface area (Å²) in [7, 11) is 0. The molecule has 0 aliphatic rings. The fraction of sp³-hybridized carbons (Fsp3) is 0.353. The molecule has 3 nitrogen and oxygen atoms in total. The van der Waals surface area contributed by atoms with Crippen molar-refractivity contribution in [2.45, 2.75) is 38.8 Å². The van der Waals surface area contributed by atoms with Crippen LogP contribution in [0.5, 0.6) is 0 Å². The minimum Gasteiger partial charge on any atom is -0.444 e. The highest BCUT2D eigenvalue weighted by Crippen LogP contribution is 2.08. The van der Waals surface area contributed by atoms with E-state index in [1.54, 1.807) is 6.08 Å². The summed E-state index contributed by atoms with van der Waals surface area (Å²) < 4.78 is 5.21. The minimum absolute atomic E-state index is 0.134. The molecule has 1 unspecified atom stereocenters. The Kier molecular flexibility index (Phi) is 6.04. The van der Waals surface area contributed by atoms with E-state index in [2.05, 4.69) is 11.9 Å². The lowest BCUT2D eigenvalue weighted by Crippen LogP contribution is -2.37. The van der Waals surface area contributed by atoms with Crippen LogP contribution in [0.25, 0.3) is 6.08 Å². The van der Waals surface area contributed by atoms with Gasteiger partial charge in [-0.25, -0.2) is 4.79 Å². The number of rotatable bonds is 5. The van der Waals surface area contributed by atoms with Crippen molar-refractivity contribution in [3.8, 4) is 0 Å². The van der Waals surface area contributed by atoms with Crippen LogP contribution in [0.3, 0.4) is 0 Å². The van der Waals surface area contributed by atoms with E-state index in [-0.39, 0.29) is 6.04 Å². The third-order valence-corrected chi connectivity index (χ3v) is 2.49. The van der Waals surface area contributed by atoms with Crippen molar-refractivity contribution in [1.82, 2.24) is 5.32 Å². The minimum atomic E-state index is -0.490. The molecular weight excluding hydrogens is 250 g/mol. The number of benzene rings is 1. The summed E-state index contributed by atoms with van der Waals surface area (Å²) in [5.74, 6) is 0. The molecule has 3 heteroatoms. The smallest absolute Gasteiger partial charge is 0.408 e. The van der Waals surface area contributed by atoms with Gasteiger partial charge in [0.1, 0.15) is 5.60 Å². The van der Waals surface area contributed by atoms with Gasteiger partial charge in [0.15, 0.2) is 0 Å². The Labute approximate surface area is 121 Å². The van der Waals surface area contributed by atoms with Crippen LogP contribution in [0.4, 0.5) is 4.79 Å². The monoisotopic (exact) mass is 273 g/mol. The van der Waals surface area contributed by atoms with Gasteiger partial charge in [0, 0.05) is 0 Å². The molecule has 0 fully saturated rings.